The highest BCUT2D eigenvalue weighted by Crippen LogP contribution is 2.56. The largest absolute Gasteiger partial charge is 0.504 e. The number of unbranched alkanes of at least 4 members (excludes halogenated alkanes) is 15. The topological polar surface area (TPSA) is 58.9 Å². The summed E-state index contributed by atoms with van der Waals surface area (Å²) in [5.74, 6) is 0.553. The van der Waals surface area contributed by atoms with Crippen molar-refractivity contribution in [2.75, 3.05) is 20.4 Å². The highest BCUT2D eigenvalue weighted by molar-refractivity contribution is 7.95. The summed E-state index contributed by atoms with van der Waals surface area (Å²) >= 11 is 0. The monoisotopic (exact) mass is 697 g/mol. The third kappa shape index (κ3) is 10.8. The van der Waals surface area contributed by atoms with Crippen LogP contribution in [0.1, 0.15) is 114 Å². The van der Waals surface area contributed by atoms with Gasteiger partial charge in [0.05, 0.1) is 20.4 Å². The Morgan fingerprint density at radius 2 is 0.760 bits per heavy atom. The highest BCUT2D eigenvalue weighted by Gasteiger charge is 2.44. The number of hydrogen-bond donors (Lipinski definition) is 2. The molecule has 0 spiro atoms. The molecule has 4 rings (SSSR count). The molecule has 4 aromatic carbocycles. The van der Waals surface area contributed by atoms with Crippen molar-refractivity contribution in [2.45, 2.75) is 116 Å². The minimum atomic E-state index is -1.69. The SMILES string of the molecule is COc1c(O)c(C)c(CCCCCCCCCCCCCCCCCC[P+](c2ccccc2)(c2ccccc2)c2ccccc2)c(O)c1OC. The van der Waals surface area contributed by atoms with Gasteiger partial charge in [-0.1, -0.05) is 138 Å². The lowest BCUT2D eigenvalue weighted by atomic mass is 9.98. The van der Waals surface area contributed by atoms with Gasteiger partial charge >= 0.3 is 0 Å². The second kappa shape index (κ2) is 21.7. The minimum Gasteiger partial charge on any atom is -0.504 e. The van der Waals surface area contributed by atoms with Crippen molar-refractivity contribution >= 4 is 23.2 Å². The number of methoxy groups -OCH3 is 2. The Bertz CT molecular complexity index is 1410. The zero-order valence-corrected chi connectivity index (χ0v) is 31.9. The molecule has 0 saturated heterocycles. The molecule has 4 nitrogen and oxygen atoms in total. The Morgan fingerprint density at radius 1 is 0.440 bits per heavy atom. The summed E-state index contributed by atoms with van der Waals surface area (Å²) in [6.45, 7) is 1.82. The van der Waals surface area contributed by atoms with E-state index in [2.05, 4.69) is 91.0 Å². The van der Waals surface area contributed by atoms with Crippen LogP contribution in [0.5, 0.6) is 23.0 Å². The smallest absolute Gasteiger partial charge is 0.207 e. The van der Waals surface area contributed by atoms with Crippen LogP contribution in [0.25, 0.3) is 0 Å². The fourth-order valence-electron chi connectivity index (χ4n) is 7.54. The predicted octanol–water partition coefficient (Wildman–Crippen LogP) is 11.2. The maximum Gasteiger partial charge on any atom is 0.207 e. The maximum atomic E-state index is 10.6. The van der Waals surface area contributed by atoms with Crippen molar-refractivity contribution in [3.8, 4) is 23.0 Å². The molecule has 0 heterocycles. The van der Waals surface area contributed by atoms with Gasteiger partial charge in [-0.05, 0) is 69.0 Å². The van der Waals surface area contributed by atoms with Crippen LogP contribution >= 0.6 is 7.26 Å². The van der Waals surface area contributed by atoms with Gasteiger partial charge in [-0.15, -0.1) is 0 Å². The second-order valence-corrected chi connectivity index (χ2v) is 17.4. The van der Waals surface area contributed by atoms with Crippen LogP contribution in [0.3, 0.4) is 0 Å². The predicted molar refractivity (Wildman–Crippen MR) is 215 cm³/mol. The second-order valence-electron chi connectivity index (χ2n) is 13.8. The summed E-state index contributed by atoms with van der Waals surface area (Å²) < 4.78 is 10.5. The summed E-state index contributed by atoms with van der Waals surface area (Å²) in [7, 11) is 1.26. The van der Waals surface area contributed by atoms with Crippen molar-refractivity contribution in [1.29, 1.82) is 0 Å². The molecule has 4 aromatic rings. The normalized spacial score (nSPS) is 11.5. The lowest BCUT2D eigenvalue weighted by Crippen LogP contribution is -2.33. The Morgan fingerprint density at radius 3 is 1.12 bits per heavy atom. The molecule has 0 aliphatic carbocycles. The average molecular weight is 698 g/mol. The fraction of sp³-hybridized carbons (Fsp3) is 0.467. The fourth-order valence-corrected chi connectivity index (χ4v) is 11.9. The molecular weight excluding hydrogens is 635 g/mol. The Labute approximate surface area is 303 Å². The third-order valence-electron chi connectivity index (χ3n) is 10.4. The van der Waals surface area contributed by atoms with Gasteiger partial charge < -0.3 is 19.7 Å². The van der Waals surface area contributed by atoms with Crippen molar-refractivity contribution in [1.82, 2.24) is 0 Å². The number of rotatable bonds is 24. The minimum absolute atomic E-state index is 0.0537. The molecule has 50 heavy (non-hydrogen) atoms. The van der Waals surface area contributed by atoms with Crippen LogP contribution in [0.2, 0.25) is 0 Å². The van der Waals surface area contributed by atoms with E-state index in [0.717, 1.165) is 24.8 Å². The lowest BCUT2D eigenvalue weighted by molar-refractivity contribution is 0.313. The van der Waals surface area contributed by atoms with E-state index in [1.807, 2.05) is 6.92 Å². The van der Waals surface area contributed by atoms with Crippen LogP contribution in [0, 0.1) is 6.92 Å². The molecule has 0 saturated carbocycles. The van der Waals surface area contributed by atoms with Crippen LogP contribution in [-0.4, -0.2) is 30.6 Å². The molecule has 0 amide bonds. The van der Waals surface area contributed by atoms with Gasteiger partial charge in [0.1, 0.15) is 23.2 Å². The standard InChI is InChI=1S/C45H61O4P/c1-37-41(43(47)45(49-3)44(48-2)42(37)46)35-27-16-14-12-10-8-6-4-5-7-9-11-13-15-17-28-36-50(38-29-21-18-22-30-38,39-31-23-19-24-32-39)40-33-25-20-26-34-40/h18-26,29-34H,4-17,27-28,35-36H2,1-3H3,(H-,46,47)/p+1. The van der Waals surface area contributed by atoms with Gasteiger partial charge in [0.15, 0.2) is 11.5 Å². The number of ether oxygens (including phenoxy) is 2. The van der Waals surface area contributed by atoms with E-state index in [1.54, 1.807) is 0 Å². The van der Waals surface area contributed by atoms with Gasteiger partial charge in [-0.3, -0.25) is 0 Å². The van der Waals surface area contributed by atoms with Crippen molar-refractivity contribution in [3.05, 3.63) is 102 Å². The molecule has 5 heteroatoms. The quantitative estimate of drug-likeness (QED) is 0.0435. The van der Waals surface area contributed by atoms with E-state index in [1.165, 1.54) is 126 Å². The first kappa shape index (κ1) is 39.3. The lowest BCUT2D eigenvalue weighted by Gasteiger charge is -2.27. The van der Waals surface area contributed by atoms with Gasteiger partial charge in [0.2, 0.25) is 11.5 Å². The molecule has 0 radical (unpaired) electrons. The van der Waals surface area contributed by atoms with Gasteiger partial charge in [-0.25, -0.2) is 0 Å². The zero-order valence-electron chi connectivity index (χ0n) is 31.0. The average Bonchev–Trinajstić information content (AvgIpc) is 3.16. The summed E-state index contributed by atoms with van der Waals surface area (Å²) in [5, 5.41) is 25.6. The molecule has 0 unspecified atom stereocenters. The van der Waals surface area contributed by atoms with Crippen LogP contribution in [0.15, 0.2) is 91.0 Å². The first-order valence-corrected chi connectivity index (χ1v) is 21.2. The maximum absolute atomic E-state index is 10.6. The Hall–Kier alpha value is -3.49. The van der Waals surface area contributed by atoms with Crippen LogP contribution < -0.4 is 25.4 Å². The third-order valence-corrected chi connectivity index (χ3v) is 14.9. The summed E-state index contributed by atoms with van der Waals surface area (Å²) in [5.41, 5.74) is 1.43. The number of phenols is 2. The van der Waals surface area contributed by atoms with E-state index in [-0.39, 0.29) is 23.0 Å². The molecule has 0 atom stereocenters. The van der Waals surface area contributed by atoms with E-state index >= 15 is 0 Å². The van der Waals surface area contributed by atoms with Crippen LogP contribution in [0.4, 0.5) is 0 Å². The Kier molecular flexibility index (Phi) is 17.0. The van der Waals surface area contributed by atoms with E-state index < -0.39 is 7.26 Å². The number of aromatic hydroxyl groups is 2. The van der Waals surface area contributed by atoms with E-state index in [9.17, 15) is 10.2 Å². The molecule has 2 N–H and O–H groups in total. The van der Waals surface area contributed by atoms with Crippen LogP contribution in [-0.2, 0) is 6.42 Å². The molecule has 0 aliphatic heterocycles. The van der Waals surface area contributed by atoms with Crippen molar-refractivity contribution in [3.63, 3.8) is 0 Å². The molecule has 0 bridgehead atoms. The zero-order chi connectivity index (χ0) is 35.4. The van der Waals surface area contributed by atoms with Crippen molar-refractivity contribution < 1.29 is 19.7 Å². The summed E-state index contributed by atoms with van der Waals surface area (Å²) in [6, 6.07) is 33.9. The molecular formula is C45H62O4P+. The highest BCUT2D eigenvalue weighted by atomic mass is 31.2. The van der Waals surface area contributed by atoms with Gasteiger partial charge in [-0.2, -0.15) is 0 Å². The van der Waals surface area contributed by atoms with Gasteiger partial charge in [0.25, 0.3) is 0 Å². The number of benzene rings is 4. The van der Waals surface area contributed by atoms with Gasteiger partial charge in [0, 0.05) is 11.1 Å². The number of phenolic OH excluding ortho intramolecular Hbond substituents is 2. The first-order valence-electron chi connectivity index (χ1n) is 19.2. The summed E-state index contributed by atoms with van der Waals surface area (Å²) in [6.07, 6.45) is 22.7. The molecule has 0 aliphatic rings. The van der Waals surface area contributed by atoms with E-state index in [0.29, 0.717) is 5.56 Å². The Balaban J connectivity index is 1.04. The summed E-state index contributed by atoms with van der Waals surface area (Å²) in [4.78, 5) is 0. The number of hydrogen-bond acceptors (Lipinski definition) is 4. The van der Waals surface area contributed by atoms with E-state index in [4.69, 9.17) is 9.47 Å². The first-order chi connectivity index (χ1) is 24.5. The molecule has 270 valence electrons. The molecule has 0 aromatic heterocycles. The molecule has 0 fully saturated rings. The van der Waals surface area contributed by atoms with Crippen molar-refractivity contribution in [2.24, 2.45) is 0 Å².